The molecule has 1 aromatic heterocycles. The van der Waals surface area contributed by atoms with Gasteiger partial charge in [0, 0.05) is 19.2 Å². The van der Waals surface area contributed by atoms with Crippen LogP contribution in [-0.2, 0) is 18.3 Å². The number of rotatable bonds is 4. The van der Waals surface area contributed by atoms with Crippen LogP contribution in [0.2, 0.25) is 0 Å². The molecule has 0 radical (unpaired) electrons. The molecule has 0 saturated carbocycles. The molecule has 104 valence electrons. The highest BCUT2D eigenvalue weighted by atomic mass is 16.2. The van der Waals surface area contributed by atoms with Crippen molar-refractivity contribution in [1.29, 1.82) is 0 Å². The van der Waals surface area contributed by atoms with Crippen LogP contribution >= 0.6 is 0 Å². The summed E-state index contributed by atoms with van der Waals surface area (Å²) in [7, 11) is 1.69. The number of hydrogen-bond donors (Lipinski definition) is 1. The summed E-state index contributed by atoms with van der Waals surface area (Å²) in [5.74, 6) is -0.144. The fourth-order valence-electron chi connectivity index (χ4n) is 1.94. The van der Waals surface area contributed by atoms with Gasteiger partial charge in [-0.2, -0.15) is 0 Å². The first-order valence-electron chi connectivity index (χ1n) is 6.58. The Morgan fingerprint density at radius 3 is 2.55 bits per heavy atom. The number of amides is 1. The van der Waals surface area contributed by atoms with Gasteiger partial charge in [-0.15, -0.1) is 0 Å². The van der Waals surface area contributed by atoms with Crippen LogP contribution in [0, 0.1) is 6.92 Å². The molecule has 0 aliphatic carbocycles. The Morgan fingerprint density at radius 1 is 1.15 bits per heavy atom. The average Bonchev–Trinajstić information content (AvgIpc) is 2.47. The van der Waals surface area contributed by atoms with Gasteiger partial charge in [-0.25, -0.2) is 0 Å². The molecular weight excluding hydrogens is 252 g/mol. The molecule has 0 spiro atoms. The van der Waals surface area contributed by atoms with Crippen LogP contribution in [-0.4, -0.2) is 10.5 Å². The van der Waals surface area contributed by atoms with E-state index >= 15 is 0 Å². The number of nitrogens with one attached hydrogen (secondary N) is 1. The maximum absolute atomic E-state index is 11.9. The summed E-state index contributed by atoms with van der Waals surface area (Å²) in [6.07, 6.45) is 1.03. The van der Waals surface area contributed by atoms with Gasteiger partial charge in [0.1, 0.15) is 5.69 Å². The Hall–Kier alpha value is -2.36. The molecule has 2 rings (SSSR count). The molecule has 0 saturated heterocycles. The minimum atomic E-state index is -0.182. The molecule has 1 N–H and O–H groups in total. The number of hydrogen-bond acceptors (Lipinski definition) is 2. The van der Waals surface area contributed by atoms with Crippen molar-refractivity contribution in [1.82, 2.24) is 4.57 Å². The van der Waals surface area contributed by atoms with Crippen molar-refractivity contribution in [3.8, 4) is 0 Å². The number of pyridine rings is 1. The maximum Gasteiger partial charge on any atom is 0.274 e. The van der Waals surface area contributed by atoms with Gasteiger partial charge in [-0.05, 0) is 31.0 Å². The zero-order chi connectivity index (χ0) is 14.5. The van der Waals surface area contributed by atoms with Crippen molar-refractivity contribution in [2.24, 2.45) is 7.05 Å². The molecule has 20 heavy (non-hydrogen) atoms. The lowest BCUT2D eigenvalue weighted by molar-refractivity contribution is -0.116. The van der Waals surface area contributed by atoms with E-state index in [2.05, 4.69) is 5.32 Å². The molecule has 1 heterocycles. The van der Waals surface area contributed by atoms with Crippen LogP contribution < -0.4 is 10.9 Å². The van der Waals surface area contributed by atoms with E-state index in [-0.39, 0.29) is 11.5 Å². The predicted octanol–water partition coefficient (Wildman–Crippen LogP) is 2.27. The highest BCUT2D eigenvalue weighted by Gasteiger charge is 2.07. The van der Waals surface area contributed by atoms with Gasteiger partial charge in [0.15, 0.2) is 0 Å². The fraction of sp³-hybridized carbons (Fsp3) is 0.250. The second-order valence-electron chi connectivity index (χ2n) is 4.79. The summed E-state index contributed by atoms with van der Waals surface area (Å²) in [6, 6.07) is 13.3. The Labute approximate surface area is 118 Å². The van der Waals surface area contributed by atoms with Crippen LogP contribution in [0.1, 0.15) is 17.7 Å². The van der Waals surface area contributed by atoms with Crippen molar-refractivity contribution in [2.75, 3.05) is 5.32 Å². The van der Waals surface area contributed by atoms with E-state index in [4.69, 9.17) is 0 Å². The molecule has 1 amide bonds. The van der Waals surface area contributed by atoms with Gasteiger partial charge in [0.25, 0.3) is 5.56 Å². The lowest BCUT2D eigenvalue weighted by atomic mass is 10.1. The standard InChI is InChI=1S/C16H18N2O2/c1-12-8-10-14(16(20)18(12)2)17-15(19)11-9-13-6-4-3-5-7-13/h3-8,10H,9,11H2,1-2H3,(H,17,19). The third kappa shape index (κ3) is 3.35. The summed E-state index contributed by atoms with van der Waals surface area (Å²) >= 11 is 0. The monoisotopic (exact) mass is 270 g/mol. The number of carbonyl (C=O) groups excluding carboxylic acids is 1. The number of aryl methyl sites for hydroxylation is 2. The third-order valence-electron chi connectivity index (χ3n) is 3.31. The van der Waals surface area contributed by atoms with Crippen LogP contribution in [0.15, 0.2) is 47.3 Å². The maximum atomic E-state index is 11.9. The molecule has 4 nitrogen and oxygen atoms in total. The number of nitrogens with zero attached hydrogens (tertiary/aromatic N) is 1. The zero-order valence-electron chi connectivity index (χ0n) is 11.7. The molecule has 0 bridgehead atoms. The van der Waals surface area contributed by atoms with Gasteiger partial charge in [-0.1, -0.05) is 30.3 Å². The van der Waals surface area contributed by atoms with Gasteiger partial charge < -0.3 is 9.88 Å². The smallest absolute Gasteiger partial charge is 0.274 e. The quantitative estimate of drug-likeness (QED) is 0.926. The van der Waals surface area contributed by atoms with Gasteiger partial charge in [0.2, 0.25) is 5.91 Å². The Balaban J connectivity index is 1.99. The number of carbonyl (C=O) groups is 1. The Kier molecular flexibility index (Phi) is 4.35. The topological polar surface area (TPSA) is 51.1 Å². The highest BCUT2D eigenvalue weighted by molar-refractivity contribution is 5.90. The summed E-state index contributed by atoms with van der Waals surface area (Å²) in [4.78, 5) is 23.8. The first-order chi connectivity index (χ1) is 9.58. The molecular formula is C16H18N2O2. The molecule has 0 atom stereocenters. The lowest BCUT2D eigenvalue weighted by Crippen LogP contribution is -2.25. The van der Waals surface area contributed by atoms with Crippen LogP contribution in [0.3, 0.4) is 0 Å². The molecule has 4 heteroatoms. The first kappa shape index (κ1) is 14.1. The highest BCUT2D eigenvalue weighted by Crippen LogP contribution is 2.06. The SMILES string of the molecule is Cc1ccc(NC(=O)CCc2ccccc2)c(=O)n1C. The molecule has 0 unspecified atom stereocenters. The van der Waals surface area contributed by atoms with Crippen LogP contribution in [0.4, 0.5) is 5.69 Å². The lowest BCUT2D eigenvalue weighted by Gasteiger charge is -2.08. The minimum absolute atomic E-state index is 0.144. The van der Waals surface area contributed by atoms with E-state index in [1.54, 1.807) is 13.1 Å². The Morgan fingerprint density at radius 2 is 1.85 bits per heavy atom. The first-order valence-corrected chi connectivity index (χ1v) is 6.58. The number of aromatic nitrogens is 1. The number of anilines is 1. The van der Waals surface area contributed by atoms with E-state index in [1.807, 2.05) is 43.3 Å². The second-order valence-corrected chi connectivity index (χ2v) is 4.79. The molecule has 1 aromatic carbocycles. The summed E-state index contributed by atoms with van der Waals surface area (Å²) < 4.78 is 1.52. The normalized spacial score (nSPS) is 10.3. The van der Waals surface area contributed by atoms with Crippen molar-refractivity contribution < 1.29 is 4.79 Å². The van der Waals surface area contributed by atoms with Crippen LogP contribution in [0.5, 0.6) is 0 Å². The van der Waals surface area contributed by atoms with E-state index in [1.165, 1.54) is 4.57 Å². The van der Waals surface area contributed by atoms with Crippen molar-refractivity contribution in [2.45, 2.75) is 19.8 Å². The Bertz CT molecular complexity index is 660. The summed E-state index contributed by atoms with van der Waals surface area (Å²) in [5.41, 5.74) is 2.12. The molecule has 2 aromatic rings. The van der Waals surface area contributed by atoms with Crippen molar-refractivity contribution >= 4 is 11.6 Å². The summed E-state index contributed by atoms with van der Waals surface area (Å²) in [5, 5.41) is 2.68. The van der Waals surface area contributed by atoms with Crippen LogP contribution in [0.25, 0.3) is 0 Å². The minimum Gasteiger partial charge on any atom is -0.321 e. The van der Waals surface area contributed by atoms with Gasteiger partial charge in [0.05, 0.1) is 0 Å². The van der Waals surface area contributed by atoms with E-state index < -0.39 is 0 Å². The van der Waals surface area contributed by atoms with E-state index in [0.717, 1.165) is 11.3 Å². The molecule has 0 fully saturated rings. The third-order valence-corrected chi connectivity index (χ3v) is 3.31. The fourth-order valence-corrected chi connectivity index (χ4v) is 1.94. The molecule has 0 aliphatic heterocycles. The zero-order valence-corrected chi connectivity index (χ0v) is 11.7. The average molecular weight is 270 g/mol. The van der Waals surface area contributed by atoms with Crippen molar-refractivity contribution in [3.63, 3.8) is 0 Å². The van der Waals surface area contributed by atoms with Gasteiger partial charge >= 0.3 is 0 Å². The van der Waals surface area contributed by atoms with E-state index in [9.17, 15) is 9.59 Å². The largest absolute Gasteiger partial charge is 0.321 e. The second kappa shape index (κ2) is 6.19. The van der Waals surface area contributed by atoms with E-state index in [0.29, 0.717) is 18.5 Å². The summed E-state index contributed by atoms with van der Waals surface area (Å²) in [6.45, 7) is 1.85. The predicted molar refractivity (Wildman–Crippen MR) is 79.8 cm³/mol. The number of benzene rings is 1. The van der Waals surface area contributed by atoms with Gasteiger partial charge in [-0.3, -0.25) is 9.59 Å². The molecule has 0 aliphatic rings. The van der Waals surface area contributed by atoms with Crippen molar-refractivity contribution in [3.05, 3.63) is 64.1 Å².